The number of benzene rings is 1. The summed E-state index contributed by atoms with van der Waals surface area (Å²) in [6.45, 7) is 1.63. The molecule has 0 amide bonds. The molecule has 0 radical (unpaired) electrons. The lowest BCUT2D eigenvalue weighted by Crippen LogP contribution is -2.08. The lowest BCUT2D eigenvalue weighted by Gasteiger charge is -2.11. The first-order valence-electron chi connectivity index (χ1n) is 7.53. The Morgan fingerprint density at radius 2 is 1.96 bits per heavy atom. The van der Waals surface area contributed by atoms with Gasteiger partial charge in [0, 0.05) is 10.9 Å². The number of carbonyl (C=O) groups excluding carboxylic acids is 1. The molecule has 2 aromatic heterocycles. The molecule has 0 fully saturated rings. The Kier molecular flexibility index (Phi) is 4.41. The van der Waals surface area contributed by atoms with Gasteiger partial charge in [-0.2, -0.15) is 13.2 Å². The molecule has 1 unspecified atom stereocenters. The summed E-state index contributed by atoms with van der Waals surface area (Å²) in [5.41, 5.74) is 5.13. The van der Waals surface area contributed by atoms with Gasteiger partial charge in [-0.05, 0) is 31.2 Å². The summed E-state index contributed by atoms with van der Waals surface area (Å²) in [7, 11) is 1.33. The van der Waals surface area contributed by atoms with E-state index in [0.717, 1.165) is 6.07 Å². The number of alkyl halides is 3. The predicted molar refractivity (Wildman–Crippen MR) is 86.8 cm³/mol. The number of aromatic nitrogens is 2. The van der Waals surface area contributed by atoms with Crippen LogP contribution in [0.3, 0.4) is 0 Å². The van der Waals surface area contributed by atoms with Crippen LogP contribution in [0.15, 0.2) is 28.7 Å². The number of nitrogens with zero attached hydrogens (tertiary/aromatic N) is 2. The van der Waals surface area contributed by atoms with Crippen molar-refractivity contribution in [2.24, 2.45) is 5.73 Å². The van der Waals surface area contributed by atoms with Crippen LogP contribution in [-0.4, -0.2) is 23.4 Å². The van der Waals surface area contributed by atoms with E-state index in [1.54, 1.807) is 13.0 Å². The summed E-state index contributed by atoms with van der Waals surface area (Å²) in [4.78, 5) is 18.9. The zero-order valence-electron chi connectivity index (χ0n) is 13.8. The SMILES string of the molecule is COc1ccc(-c2nc(C=O)c(C(C)N)o2)c2ccc(C(F)(F)F)nc12. The molecule has 2 N–H and O–H groups in total. The zero-order valence-corrected chi connectivity index (χ0v) is 13.8. The molecule has 6 nitrogen and oxygen atoms in total. The summed E-state index contributed by atoms with van der Waals surface area (Å²) in [6.07, 6.45) is -4.08. The molecule has 0 saturated heterocycles. The van der Waals surface area contributed by atoms with Gasteiger partial charge in [0.1, 0.15) is 22.7 Å². The summed E-state index contributed by atoms with van der Waals surface area (Å²) in [5, 5.41) is 0.340. The summed E-state index contributed by atoms with van der Waals surface area (Å²) < 4.78 is 49.6. The van der Waals surface area contributed by atoms with E-state index in [-0.39, 0.29) is 28.6 Å². The molecule has 0 spiro atoms. The molecule has 0 bridgehead atoms. The number of oxazole rings is 1. The van der Waals surface area contributed by atoms with Gasteiger partial charge in [-0.15, -0.1) is 0 Å². The Morgan fingerprint density at radius 3 is 2.50 bits per heavy atom. The van der Waals surface area contributed by atoms with Crippen LogP contribution in [0.4, 0.5) is 13.2 Å². The highest BCUT2D eigenvalue weighted by molar-refractivity contribution is 5.96. The quantitative estimate of drug-likeness (QED) is 0.708. The average Bonchev–Trinajstić information content (AvgIpc) is 3.04. The fourth-order valence-corrected chi connectivity index (χ4v) is 2.57. The van der Waals surface area contributed by atoms with Gasteiger partial charge in [0.25, 0.3) is 0 Å². The van der Waals surface area contributed by atoms with Gasteiger partial charge >= 0.3 is 6.18 Å². The highest BCUT2D eigenvalue weighted by atomic mass is 19.4. The van der Waals surface area contributed by atoms with Crippen LogP contribution < -0.4 is 10.5 Å². The van der Waals surface area contributed by atoms with E-state index in [1.807, 2.05) is 0 Å². The predicted octanol–water partition coefficient (Wildman–Crippen LogP) is 3.75. The van der Waals surface area contributed by atoms with Crippen molar-refractivity contribution in [1.82, 2.24) is 9.97 Å². The van der Waals surface area contributed by atoms with Gasteiger partial charge in [-0.25, -0.2) is 9.97 Å². The number of hydrogen-bond donors (Lipinski definition) is 1. The van der Waals surface area contributed by atoms with Gasteiger partial charge < -0.3 is 14.9 Å². The third-order valence-electron chi connectivity index (χ3n) is 3.77. The number of fused-ring (bicyclic) bond motifs is 1. The van der Waals surface area contributed by atoms with Crippen LogP contribution in [0.1, 0.15) is 34.9 Å². The molecule has 136 valence electrons. The van der Waals surface area contributed by atoms with E-state index < -0.39 is 17.9 Å². The fourth-order valence-electron chi connectivity index (χ4n) is 2.57. The van der Waals surface area contributed by atoms with Crippen molar-refractivity contribution in [3.05, 3.63) is 41.4 Å². The Labute approximate surface area is 145 Å². The van der Waals surface area contributed by atoms with Crippen LogP contribution >= 0.6 is 0 Å². The van der Waals surface area contributed by atoms with Crippen LogP contribution in [0, 0.1) is 0 Å². The maximum absolute atomic E-state index is 13.0. The van der Waals surface area contributed by atoms with Crippen molar-refractivity contribution in [2.45, 2.75) is 19.1 Å². The largest absolute Gasteiger partial charge is 0.494 e. The Balaban J connectivity index is 2.26. The number of aldehydes is 1. The number of methoxy groups -OCH3 is 1. The molecule has 1 aromatic carbocycles. The van der Waals surface area contributed by atoms with Gasteiger partial charge in [-0.3, -0.25) is 4.79 Å². The lowest BCUT2D eigenvalue weighted by atomic mass is 10.1. The molecule has 1 atom stereocenters. The van der Waals surface area contributed by atoms with E-state index in [4.69, 9.17) is 14.9 Å². The third-order valence-corrected chi connectivity index (χ3v) is 3.77. The maximum Gasteiger partial charge on any atom is 0.433 e. The Bertz CT molecular complexity index is 981. The van der Waals surface area contributed by atoms with Crippen molar-refractivity contribution in [3.63, 3.8) is 0 Å². The molecule has 2 heterocycles. The molecule has 0 saturated carbocycles. The highest BCUT2D eigenvalue weighted by Crippen LogP contribution is 2.37. The van der Waals surface area contributed by atoms with E-state index in [0.29, 0.717) is 17.2 Å². The summed E-state index contributed by atoms with van der Waals surface area (Å²) in [5.74, 6) is 0.428. The number of ether oxygens (including phenoxy) is 1. The fraction of sp³-hybridized carbons (Fsp3) is 0.235. The van der Waals surface area contributed by atoms with Crippen LogP contribution in [0.2, 0.25) is 0 Å². The molecule has 0 aliphatic rings. The van der Waals surface area contributed by atoms with E-state index in [9.17, 15) is 18.0 Å². The number of hydrogen-bond acceptors (Lipinski definition) is 6. The Morgan fingerprint density at radius 1 is 1.23 bits per heavy atom. The van der Waals surface area contributed by atoms with Crippen LogP contribution in [0.5, 0.6) is 5.75 Å². The standard InChI is InChI=1S/C17H14F3N3O3/c1-8(21)15-11(7-24)22-16(26-15)10-3-5-12(25-2)14-9(10)4-6-13(23-14)17(18,19)20/h3-8H,21H2,1-2H3. The van der Waals surface area contributed by atoms with Crippen molar-refractivity contribution in [1.29, 1.82) is 0 Å². The minimum Gasteiger partial charge on any atom is -0.494 e. The van der Waals surface area contributed by atoms with Crippen molar-refractivity contribution < 1.29 is 27.1 Å². The first-order chi connectivity index (χ1) is 12.3. The van der Waals surface area contributed by atoms with E-state index in [1.165, 1.54) is 19.2 Å². The molecule has 0 aliphatic heterocycles. The van der Waals surface area contributed by atoms with Crippen molar-refractivity contribution in [2.75, 3.05) is 7.11 Å². The van der Waals surface area contributed by atoms with Crippen LogP contribution in [0.25, 0.3) is 22.4 Å². The van der Waals surface area contributed by atoms with Crippen LogP contribution in [-0.2, 0) is 6.18 Å². The summed E-state index contributed by atoms with van der Waals surface area (Å²) in [6, 6.07) is 4.58. The average molecular weight is 365 g/mol. The first kappa shape index (κ1) is 17.9. The molecule has 0 aliphatic carbocycles. The van der Waals surface area contributed by atoms with Crippen molar-refractivity contribution in [3.8, 4) is 17.2 Å². The molecule has 3 rings (SSSR count). The van der Waals surface area contributed by atoms with Crippen molar-refractivity contribution >= 4 is 17.2 Å². The smallest absolute Gasteiger partial charge is 0.433 e. The van der Waals surface area contributed by atoms with Gasteiger partial charge in [0.05, 0.1) is 13.2 Å². The second-order valence-corrected chi connectivity index (χ2v) is 5.58. The van der Waals surface area contributed by atoms with Gasteiger partial charge in [0.15, 0.2) is 12.0 Å². The number of rotatable bonds is 4. The molecular formula is C17H14F3N3O3. The topological polar surface area (TPSA) is 91.2 Å². The lowest BCUT2D eigenvalue weighted by molar-refractivity contribution is -0.140. The number of halogens is 3. The first-order valence-corrected chi connectivity index (χ1v) is 7.53. The zero-order chi connectivity index (χ0) is 19.1. The minimum atomic E-state index is -4.59. The van der Waals surface area contributed by atoms with E-state index in [2.05, 4.69) is 9.97 Å². The monoisotopic (exact) mass is 365 g/mol. The highest BCUT2D eigenvalue weighted by Gasteiger charge is 2.33. The molecule has 3 aromatic rings. The molecular weight excluding hydrogens is 351 g/mol. The number of carbonyl (C=O) groups is 1. The second kappa shape index (κ2) is 6.41. The third kappa shape index (κ3) is 3.01. The normalized spacial score (nSPS) is 13.0. The van der Waals surface area contributed by atoms with Gasteiger partial charge in [0.2, 0.25) is 5.89 Å². The molecule has 9 heteroatoms. The number of nitrogens with two attached hydrogens (primary N) is 1. The maximum atomic E-state index is 13.0. The molecule has 26 heavy (non-hydrogen) atoms. The minimum absolute atomic E-state index is 0.00743. The summed E-state index contributed by atoms with van der Waals surface area (Å²) >= 11 is 0. The Hall–Kier alpha value is -2.94. The van der Waals surface area contributed by atoms with Gasteiger partial charge in [-0.1, -0.05) is 0 Å². The van der Waals surface area contributed by atoms with E-state index >= 15 is 0 Å². The number of pyridine rings is 1. The second-order valence-electron chi connectivity index (χ2n) is 5.58.